The van der Waals surface area contributed by atoms with Gasteiger partial charge >= 0.3 is 12.0 Å². The lowest BCUT2D eigenvalue weighted by molar-refractivity contribution is -0.154. The minimum Gasteiger partial charge on any atom is -0.453 e. The highest BCUT2D eigenvalue weighted by Gasteiger charge is 2.26. The molecule has 1 atom stereocenters. The number of amides is 3. The van der Waals surface area contributed by atoms with Crippen molar-refractivity contribution >= 4 is 17.9 Å². The van der Waals surface area contributed by atoms with E-state index in [1.807, 2.05) is 20.9 Å². The summed E-state index contributed by atoms with van der Waals surface area (Å²) in [4.78, 5) is 35.2. The zero-order valence-corrected chi connectivity index (χ0v) is 14.5. The zero-order valence-electron chi connectivity index (χ0n) is 14.5. The maximum atomic E-state index is 11.9. The number of nitrogens with zero attached hydrogens (tertiary/aromatic N) is 2. The number of nitrogens with one attached hydrogen (secondary N) is 2. The second-order valence-electron chi connectivity index (χ2n) is 6.14. The fourth-order valence-electron chi connectivity index (χ4n) is 2.38. The quantitative estimate of drug-likeness (QED) is 0.751. The van der Waals surface area contributed by atoms with Crippen LogP contribution in [0.5, 0.6) is 0 Å². The third-order valence-corrected chi connectivity index (χ3v) is 4.06. The van der Waals surface area contributed by atoms with Gasteiger partial charge in [-0.15, -0.1) is 0 Å². The van der Waals surface area contributed by atoms with Crippen molar-refractivity contribution in [2.75, 3.05) is 0 Å². The Balaban J connectivity index is 1.76. The SMILES string of the molecule is Cc1nn(C)c(C)c1CCC(=O)O[C@H](C)C(=O)NC(=O)NC1CC1. The van der Waals surface area contributed by atoms with Crippen molar-refractivity contribution in [2.24, 2.45) is 7.05 Å². The first-order valence-corrected chi connectivity index (χ1v) is 8.07. The first-order valence-electron chi connectivity index (χ1n) is 8.07. The van der Waals surface area contributed by atoms with Crippen molar-refractivity contribution in [1.82, 2.24) is 20.4 Å². The number of aromatic nitrogens is 2. The van der Waals surface area contributed by atoms with Gasteiger partial charge in [0, 0.05) is 25.2 Å². The summed E-state index contributed by atoms with van der Waals surface area (Å²) < 4.78 is 6.85. The summed E-state index contributed by atoms with van der Waals surface area (Å²) in [5.74, 6) is -1.11. The average Bonchev–Trinajstić information content (AvgIpc) is 3.26. The Labute approximate surface area is 140 Å². The van der Waals surface area contributed by atoms with Gasteiger partial charge in [0.2, 0.25) is 0 Å². The summed E-state index contributed by atoms with van der Waals surface area (Å²) in [6.45, 7) is 5.27. The van der Waals surface area contributed by atoms with Gasteiger partial charge in [-0.2, -0.15) is 5.10 Å². The van der Waals surface area contributed by atoms with E-state index in [0.29, 0.717) is 6.42 Å². The van der Waals surface area contributed by atoms with Gasteiger partial charge in [-0.1, -0.05) is 0 Å². The van der Waals surface area contributed by atoms with Crippen LogP contribution in [0.15, 0.2) is 0 Å². The molecule has 0 saturated heterocycles. The minimum atomic E-state index is -1.02. The van der Waals surface area contributed by atoms with Crippen LogP contribution in [0.1, 0.15) is 43.1 Å². The van der Waals surface area contributed by atoms with E-state index in [2.05, 4.69) is 15.7 Å². The Kier molecular flexibility index (Phi) is 5.58. The van der Waals surface area contributed by atoms with Crippen LogP contribution in [0.25, 0.3) is 0 Å². The molecule has 1 heterocycles. The van der Waals surface area contributed by atoms with Crippen molar-refractivity contribution < 1.29 is 19.1 Å². The zero-order chi connectivity index (χ0) is 17.9. The van der Waals surface area contributed by atoms with E-state index in [1.165, 1.54) is 6.92 Å². The van der Waals surface area contributed by atoms with Crippen molar-refractivity contribution in [1.29, 1.82) is 0 Å². The molecule has 2 N–H and O–H groups in total. The number of hydrogen-bond acceptors (Lipinski definition) is 5. The molecule has 1 saturated carbocycles. The van der Waals surface area contributed by atoms with Crippen LogP contribution in [0, 0.1) is 13.8 Å². The van der Waals surface area contributed by atoms with E-state index in [9.17, 15) is 14.4 Å². The monoisotopic (exact) mass is 336 g/mol. The molecule has 1 aliphatic rings. The molecule has 0 radical (unpaired) electrons. The lowest BCUT2D eigenvalue weighted by Crippen LogP contribution is -2.45. The maximum absolute atomic E-state index is 11.9. The summed E-state index contributed by atoms with van der Waals surface area (Å²) in [5, 5.41) is 9.10. The Bertz CT molecular complexity index is 649. The largest absolute Gasteiger partial charge is 0.453 e. The molecule has 1 fully saturated rings. The second-order valence-corrected chi connectivity index (χ2v) is 6.14. The molecule has 0 spiro atoms. The number of rotatable bonds is 6. The summed E-state index contributed by atoms with van der Waals surface area (Å²) >= 11 is 0. The molecule has 0 bridgehead atoms. The highest BCUT2D eigenvalue weighted by molar-refractivity contribution is 5.97. The average molecular weight is 336 g/mol. The van der Waals surface area contributed by atoms with Gasteiger partial charge in [0.25, 0.3) is 5.91 Å². The molecule has 0 aromatic carbocycles. The molecule has 8 heteroatoms. The molecule has 1 aromatic rings. The number of esters is 1. The topological polar surface area (TPSA) is 102 Å². The molecule has 0 aliphatic heterocycles. The molecule has 1 aliphatic carbocycles. The van der Waals surface area contributed by atoms with Gasteiger partial charge in [-0.3, -0.25) is 19.6 Å². The number of ether oxygens (including phenoxy) is 1. The molecule has 3 amide bonds. The van der Waals surface area contributed by atoms with Crippen LogP contribution < -0.4 is 10.6 Å². The van der Waals surface area contributed by atoms with Crippen molar-refractivity contribution in [2.45, 2.75) is 58.6 Å². The van der Waals surface area contributed by atoms with Crippen LogP contribution >= 0.6 is 0 Å². The fraction of sp³-hybridized carbons (Fsp3) is 0.625. The summed E-state index contributed by atoms with van der Waals surface area (Å²) in [6, 6.07) is -0.395. The van der Waals surface area contributed by atoms with Crippen LogP contribution in [0.3, 0.4) is 0 Å². The standard InChI is InChI=1S/C16H24N4O4/c1-9-13(10(2)20(4)19-9)7-8-14(21)24-11(3)15(22)18-16(23)17-12-5-6-12/h11-12H,5-8H2,1-4H3,(H2,17,18,22,23)/t11-/m1/s1. The first kappa shape index (κ1) is 18.0. The fourth-order valence-corrected chi connectivity index (χ4v) is 2.38. The number of imide groups is 1. The molecular formula is C16H24N4O4. The highest BCUT2D eigenvalue weighted by Crippen LogP contribution is 2.18. The Morgan fingerprint density at radius 1 is 1.33 bits per heavy atom. The van der Waals surface area contributed by atoms with E-state index in [4.69, 9.17) is 4.74 Å². The lowest BCUT2D eigenvalue weighted by Gasteiger charge is -2.13. The predicted molar refractivity (Wildman–Crippen MR) is 86.3 cm³/mol. The van der Waals surface area contributed by atoms with Crippen LogP contribution in [0.2, 0.25) is 0 Å². The summed E-state index contributed by atoms with van der Waals surface area (Å²) in [6.07, 6.45) is 1.50. The van der Waals surface area contributed by atoms with E-state index in [-0.39, 0.29) is 12.5 Å². The molecule has 8 nitrogen and oxygen atoms in total. The highest BCUT2D eigenvalue weighted by atomic mass is 16.5. The molecule has 1 aromatic heterocycles. The third kappa shape index (κ3) is 4.81. The smallest absolute Gasteiger partial charge is 0.321 e. The Morgan fingerprint density at radius 3 is 2.54 bits per heavy atom. The van der Waals surface area contributed by atoms with Gasteiger partial charge in [0.15, 0.2) is 6.10 Å². The number of carbonyl (C=O) groups is 3. The van der Waals surface area contributed by atoms with E-state index in [1.54, 1.807) is 4.68 Å². The van der Waals surface area contributed by atoms with E-state index >= 15 is 0 Å². The van der Waals surface area contributed by atoms with E-state index < -0.39 is 24.0 Å². The maximum Gasteiger partial charge on any atom is 0.321 e. The minimum absolute atomic E-state index is 0.152. The van der Waals surface area contributed by atoms with Gasteiger partial charge in [-0.25, -0.2) is 4.79 Å². The third-order valence-electron chi connectivity index (χ3n) is 4.06. The Morgan fingerprint density at radius 2 is 2.00 bits per heavy atom. The molecule has 132 valence electrons. The van der Waals surface area contributed by atoms with Gasteiger partial charge in [0.1, 0.15) is 0 Å². The van der Waals surface area contributed by atoms with Crippen molar-refractivity contribution in [3.63, 3.8) is 0 Å². The predicted octanol–water partition coefficient (Wildman–Crippen LogP) is 0.889. The number of hydrogen-bond donors (Lipinski definition) is 2. The Hall–Kier alpha value is -2.38. The van der Waals surface area contributed by atoms with Gasteiger partial charge in [0.05, 0.1) is 5.69 Å². The molecule has 2 rings (SSSR count). The van der Waals surface area contributed by atoms with Crippen molar-refractivity contribution in [3.8, 4) is 0 Å². The first-order chi connectivity index (χ1) is 11.3. The molecule has 0 unspecified atom stereocenters. The van der Waals surface area contributed by atoms with Crippen LogP contribution in [-0.4, -0.2) is 39.8 Å². The molecule has 24 heavy (non-hydrogen) atoms. The molecular weight excluding hydrogens is 312 g/mol. The second kappa shape index (κ2) is 7.46. The van der Waals surface area contributed by atoms with Crippen LogP contribution in [-0.2, 0) is 27.8 Å². The summed E-state index contributed by atoms with van der Waals surface area (Å²) in [5.41, 5.74) is 2.89. The van der Waals surface area contributed by atoms with E-state index in [0.717, 1.165) is 29.8 Å². The van der Waals surface area contributed by atoms with Gasteiger partial charge in [-0.05, 0) is 45.6 Å². The van der Waals surface area contributed by atoms with Crippen LogP contribution in [0.4, 0.5) is 4.79 Å². The summed E-state index contributed by atoms with van der Waals surface area (Å²) in [7, 11) is 1.85. The van der Waals surface area contributed by atoms with Gasteiger partial charge < -0.3 is 10.1 Å². The van der Waals surface area contributed by atoms with Crippen molar-refractivity contribution in [3.05, 3.63) is 17.0 Å². The normalized spacial score (nSPS) is 14.8. The number of aryl methyl sites for hydroxylation is 2. The lowest BCUT2D eigenvalue weighted by atomic mass is 10.1. The number of carbonyl (C=O) groups excluding carboxylic acids is 3. The number of urea groups is 1.